The van der Waals surface area contributed by atoms with Gasteiger partial charge in [-0.3, -0.25) is 0 Å². The minimum Gasteiger partial charge on any atom is -0.383 e. The fourth-order valence-corrected chi connectivity index (χ4v) is 1.98. The van der Waals surface area contributed by atoms with Crippen molar-refractivity contribution in [2.75, 3.05) is 19.4 Å². The first-order valence-electron chi connectivity index (χ1n) is 6.25. The smallest absolute Gasteiger partial charge is 0.128 e. The number of ether oxygens (including phenoxy) is 1. The number of methoxy groups -OCH3 is 1. The van der Waals surface area contributed by atoms with Gasteiger partial charge in [-0.15, -0.1) is 0 Å². The molecule has 4 nitrogen and oxygen atoms in total. The summed E-state index contributed by atoms with van der Waals surface area (Å²) in [6.45, 7) is 5.09. The van der Waals surface area contributed by atoms with Crippen LogP contribution in [0.3, 0.4) is 0 Å². The Labute approximate surface area is 114 Å². The van der Waals surface area contributed by atoms with E-state index < -0.39 is 0 Å². The molecule has 3 N–H and O–H groups in total. The maximum atomic E-state index is 5.99. The zero-order valence-corrected chi connectivity index (χ0v) is 12.0. The second-order valence-corrected chi connectivity index (χ2v) is 4.85. The Morgan fingerprint density at radius 3 is 2.89 bits per heavy atom. The number of nitrogens with two attached hydrogens (primary N) is 1. The van der Waals surface area contributed by atoms with E-state index in [1.807, 2.05) is 13.0 Å². The summed E-state index contributed by atoms with van der Waals surface area (Å²) in [5, 5.41) is 4.06. The van der Waals surface area contributed by atoms with Crippen molar-refractivity contribution in [2.45, 2.75) is 38.8 Å². The number of nitrogens with one attached hydrogen (secondary N) is 1. The van der Waals surface area contributed by atoms with Crippen LogP contribution >= 0.6 is 11.6 Å². The summed E-state index contributed by atoms with van der Waals surface area (Å²) >= 11 is 5.99. The van der Waals surface area contributed by atoms with E-state index in [1.165, 1.54) is 0 Å². The van der Waals surface area contributed by atoms with Gasteiger partial charge in [0.05, 0.1) is 11.1 Å². The van der Waals surface area contributed by atoms with Crippen molar-refractivity contribution in [3.8, 4) is 0 Å². The second-order valence-electron chi connectivity index (χ2n) is 4.42. The van der Waals surface area contributed by atoms with E-state index in [-0.39, 0.29) is 12.1 Å². The summed E-state index contributed by atoms with van der Waals surface area (Å²) in [7, 11) is 1.71. The van der Waals surface area contributed by atoms with Gasteiger partial charge in [0.25, 0.3) is 0 Å². The minimum atomic E-state index is 0.117. The standard InChI is InChI=1S/C13H22ClN3O/c1-4-5-16-12(6-9(2)18-3)11-7-10(14)8-17-13(11)15/h7-9,12,16H,4-6H2,1-3H3,(H2,15,17). The fraction of sp³-hybridized carbons (Fsp3) is 0.615. The van der Waals surface area contributed by atoms with Gasteiger partial charge in [0.2, 0.25) is 0 Å². The number of aromatic nitrogens is 1. The highest BCUT2D eigenvalue weighted by Crippen LogP contribution is 2.26. The van der Waals surface area contributed by atoms with E-state index in [0.717, 1.165) is 24.9 Å². The number of rotatable bonds is 7. The molecule has 0 fully saturated rings. The number of halogens is 1. The second kappa shape index (κ2) is 7.56. The monoisotopic (exact) mass is 271 g/mol. The molecule has 0 saturated heterocycles. The van der Waals surface area contributed by atoms with E-state index >= 15 is 0 Å². The van der Waals surface area contributed by atoms with Crippen LogP contribution in [-0.4, -0.2) is 24.7 Å². The first-order valence-corrected chi connectivity index (χ1v) is 6.63. The van der Waals surface area contributed by atoms with Crippen molar-refractivity contribution in [1.29, 1.82) is 0 Å². The zero-order valence-electron chi connectivity index (χ0n) is 11.2. The Kier molecular flexibility index (Phi) is 6.39. The lowest BCUT2D eigenvalue weighted by Crippen LogP contribution is -2.27. The molecule has 0 bridgehead atoms. The molecule has 0 aromatic carbocycles. The third-order valence-electron chi connectivity index (χ3n) is 2.90. The highest BCUT2D eigenvalue weighted by Gasteiger charge is 2.18. The Morgan fingerprint density at radius 1 is 1.56 bits per heavy atom. The van der Waals surface area contributed by atoms with E-state index in [9.17, 15) is 0 Å². The molecule has 0 spiro atoms. The molecular formula is C13H22ClN3O. The number of hydrogen-bond donors (Lipinski definition) is 2. The van der Waals surface area contributed by atoms with Crippen LogP contribution in [0.4, 0.5) is 5.82 Å². The quantitative estimate of drug-likeness (QED) is 0.801. The predicted octanol–water partition coefficient (Wildman–Crippen LogP) is 2.78. The van der Waals surface area contributed by atoms with Crippen LogP contribution in [0.15, 0.2) is 12.3 Å². The molecule has 1 aromatic heterocycles. The van der Waals surface area contributed by atoms with Crippen LogP contribution in [0.1, 0.15) is 38.3 Å². The van der Waals surface area contributed by atoms with Crippen LogP contribution in [0.2, 0.25) is 5.02 Å². The van der Waals surface area contributed by atoms with E-state index in [1.54, 1.807) is 13.3 Å². The lowest BCUT2D eigenvalue weighted by Gasteiger charge is -2.23. The highest BCUT2D eigenvalue weighted by molar-refractivity contribution is 6.30. The average molecular weight is 272 g/mol. The summed E-state index contributed by atoms with van der Waals surface area (Å²) < 4.78 is 5.32. The Hall–Kier alpha value is -0.840. The number of anilines is 1. The van der Waals surface area contributed by atoms with E-state index in [4.69, 9.17) is 22.1 Å². The summed E-state index contributed by atoms with van der Waals surface area (Å²) in [4.78, 5) is 4.11. The molecule has 18 heavy (non-hydrogen) atoms. The molecule has 0 saturated carbocycles. The third kappa shape index (κ3) is 4.44. The summed E-state index contributed by atoms with van der Waals surface area (Å²) in [6.07, 6.45) is 3.61. The van der Waals surface area contributed by atoms with Crippen molar-refractivity contribution < 1.29 is 4.74 Å². The number of hydrogen-bond acceptors (Lipinski definition) is 4. The van der Waals surface area contributed by atoms with Gasteiger partial charge in [0.15, 0.2) is 0 Å². The van der Waals surface area contributed by atoms with Crippen LogP contribution < -0.4 is 11.1 Å². The predicted molar refractivity (Wildman–Crippen MR) is 75.8 cm³/mol. The number of nitrogens with zero attached hydrogens (tertiary/aromatic N) is 1. The van der Waals surface area contributed by atoms with Crippen molar-refractivity contribution in [2.24, 2.45) is 0 Å². The van der Waals surface area contributed by atoms with Crippen LogP contribution in [0.5, 0.6) is 0 Å². The van der Waals surface area contributed by atoms with Crippen LogP contribution in [0.25, 0.3) is 0 Å². The summed E-state index contributed by atoms with van der Waals surface area (Å²) in [6, 6.07) is 1.99. The van der Waals surface area contributed by atoms with Crippen molar-refractivity contribution >= 4 is 17.4 Å². The number of pyridine rings is 1. The van der Waals surface area contributed by atoms with Crippen LogP contribution in [0, 0.1) is 0 Å². The molecule has 2 atom stereocenters. The molecule has 1 rings (SSSR count). The van der Waals surface area contributed by atoms with Gasteiger partial charge in [-0.25, -0.2) is 4.98 Å². The van der Waals surface area contributed by atoms with Crippen LogP contribution in [-0.2, 0) is 4.74 Å². The molecular weight excluding hydrogens is 250 g/mol. The van der Waals surface area contributed by atoms with Gasteiger partial charge in [-0.2, -0.15) is 0 Å². The Balaban J connectivity index is 2.89. The van der Waals surface area contributed by atoms with Gasteiger partial charge < -0.3 is 15.8 Å². The lowest BCUT2D eigenvalue weighted by molar-refractivity contribution is 0.100. The summed E-state index contributed by atoms with van der Waals surface area (Å²) in [5.41, 5.74) is 6.87. The van der Waals surface area contributed by atoms with Crippen molar-refractivity contribution in [3.05, 3.63) is 22.8 Å². The van der Waals surface area contributed by atoms with E-state index in [2.05, 4.69) is 17.2 Å². The fourth-order valence-electron chi connectivity index (χ4n) is 1.81. The molecule has 0 amide bonds. The molecule has 102 valence electrons. The molecule has 1 aromatic rings. The van der Waals surface area contributed by atoms with Gasteiger partial charge in [0, 0.05) is 24.9 Å². The lowest BCUT2D eigenvalue weighted by atomic mass is 10.0. The Bertz CT molecular complexity index is 373. The minimum absolute atomic E-state index is 0.117. The van der Waals surface area contributed by atoms with Gasteiger partial charge in [-0.05, 0) is 32.4 Å². The molecule has 0 aliphatic rings. The molecule has 0 aliphatic carbocycles. The normalized spacial score (nSPS) is 14.4. The maximum Gasteiger partial charge on any atom is 0.128 e. The topological polar surface area (TPSA) is 60.2 Å². The number of nitrogen functional groups attached to an aromatic ring is 1. The zero-order chi connectivity index (χ0) is 13.5. The van der Waals surface area contributed by atoms with Gasteiger partial charge >= 0.3 is 0 Å². The molecule has 0 aliphatic heterocycles. The van der Waals surface area contributed by atoms with E-state index in [0.29, 0.717) is 10.8 Å². The Morgan fingerprint density at radius 2 is 2.28 bits per heavy atom. The molecule has 1 heterocycles. The molecule has 0 radical (unpaired) electrons. The van der Waals surface area contributed by atoms with Gasteiger partial charge in [-0.1, -0.05) is 18.5 Å². The van der Waals surface area contributed by atoms with Crippen molar-refractivity contribution in [1.82, 2.24) is 10.3 Å². The average Bonchev–Trinajstić information content (AvgIpc) is 2.37. The first kappa shape index (κ1) is 15.2. The largest absolute Gasteiger partial charge is 0.383 e. The van der Waals surface area contributed by atoms with Crippen molar-refractivity contribution in [3.63, 3.8) is 0 Å². The van der Waals surface area contributed by atoms with Gasteiger partial charge in [0.1, 0.15) is 5.82 Å². The maximum absolute atomic E-state index is 5.99. The third-order valence-corrected chi connectivity index (χ3v) is 3.11. The summed E-state index contributed by atoms with van der Waals surface area (Å²) in [5.74, 6) is 0.524. The highest BCUT2D eigenvalue weighted by atomic mass is 35.5. The molecule has 2 unspecified atom stereocenters. The molecule has 5 heteroatoms. The SMILES string of the molecule is CCCNC(CC(C)OC)c1cc(Cl)cnc1N. The first-order chi connectivity index (χ1) is 8.58.